The van der Waals surface area contributed by atoms with Gasteiger partial charge in [-0.05, 0) is 36.2 Å². The Balaban J connectivity index is 1.31. The van der Waals surface area contributed by atoms with Crippen LogP contribution in [0.15, 0.2) is 36.5 Å². The summed E-state index contributed by atoms with van der Waals surface area (Å²) in [6, 6.07) is 10.5. The molecule has 0 amide bonds. The van der Waals surface area contributed by atoms with Gasteiger partial charge in [0.2, 0.25) is 0 Å². The van der Waals surface area contributed by atoms with E-state index in [0.717, 1.165) is 56.5 Å². The van der Waals surface area contributed by atoms with Gasteiger partial charge in [0.05, 0.1) is 19.4 Å². The standard InChI is InChI=1S/C20H24N2O3/c1-15-2-4-18(11-21-15)25-14-19-13-22(7-9-23-19)12-16-3-5-20-17(10-16)6-8-24-20/h2-5,10-11,19H,6-9,12-14H2,1H3. The third-order valence-corrected chi connectivity index (χ3v) is 4.70. The van der Waals surface area contributed by atoms with Gasteiger partial charge in [0, 0.05) is 31.7 Å². The van der Waals surface area contributed by atoms with Crippen LogP contribution in [0.25, 0.3) is 0 Å². The second-order valence-corrected chi connectivity index (χ2v) is 6.71. The van der Waals surface area contributed by atoms with Crippen molar-refractivity contribution in [2.45, 2.75) is 26.0 Å². The van der Waals surface area contributed by atoms with Gasteiger partial charge in [0.1, 0.15) is 24.2 Å². The molecule has 1 unspecified atom stereocenters. The average Bonchev–Trinajstić information content (AvgIpc) is 3.09. The molecule has 0 N–H and O–H groups in total. The summed E-state index contributed by atoms with van der Waals surface area (Å²) in [7, 11) is 0. The SMILES string of the molecule is Cc1ccc(OCC2CN(Cc3ccc4c(c3)CCO4)CCO2)cn1. The van der Waals surface area contributed by atoms with Crippen LogP contribution in [0.3, 0.4) is 0 Å². The number of hydrogen-bond acceptors (Lipinski definition) is 5. The predicted octanol–water partition coefficient (Wildman–Crippen LogP) is 2.60. The molecule has 1 saturated heterocycles. The molecule has 0 bridgehead atoms. The highest BCUT2D eigenvalue weighted by molar-refractivity contribution is 5.39. The molecular formula is C20H24N2O3. The predicted molar refractivity (Wildman–Crippen MR) is 95.1 cm³/mol. The smallest absolute Gasteiger partial charge is 0.137 e. The Morgan fingerprint density at radius 1 is 1.24 bits per heavy atom. The molecule has 25 heavy (non-hydrogen) atoms. The second-order valence-electron chi connectivity index (χ2n) is 6.71. The van der Waals surface area contributed by atoms with E-state index in [1.807, 2.05) is 19.1 Å². The topological polar surface area (TPSA) is 43.8 Å². The molecule has 5 nitrogen and oxygen atoms in total. The van der Waals surface area contributed by atoms with Crippen molar-refractivity contribution in [3.8, 4) is 11.5 Å². The number of pyridine rings is 1. The molecule has 0 saturated carbocycles. The van der Waals surface area contributed by atoms with Crippen LogP contribution < -0.4 is 9.47 Å². The number of rotatable bonds is 5. The van der Waals surface area contributed by atoms with E-state index in [2.05, 4.69) is 28.1 Å². The zero-order chi connectivity index (χ0) is 17.1. The van der Waals surface area contributed by atoms with Crippen LogP contribution in [0.1, 0.15) is 16.8 Å². The van der Waals surface area contributed by atoms with Gasteiger partial charge in [-0.3, -0.25) is 9.88 Å². The first-order valence-electron chi connectivity index (χ1n) is 8.90. The van der Waals surface area contributed by atoms with E-state index in [-0.39, 0.29) is 6.10 Å². The zero-order valence-electron chi connectivity index (χ0n) is 14.6. The second kappa shape index (κ2) is 7.42. The van der Waals surface area contributed by atoms with Gasteiger partial charge in [-0.25, -0.2) is 0 Å². The van der Waals surface area contributed by atoms with Crippen molar-refractivity contribution in [3.63, 3.8) is 0 Å². The summed E-state index contributed by atoms with van der Waals surface area (Å²) in [5, 5.41) is 0. The van der Waals surface area contributed by atoms with Crippen molar-refractivity contribution in [2.75, 3.05) is 32.9 Å². The van der Waals surface area contributed by atoms with Crippen LogP contribution in [0.4, 0.5) is 0 Å². The van der Waals surface area contributed by atoms with Crippen LogP contribution in [-0.2, 0) is 17.7 Å². The van der Waals surface area contributed by atoms with Crippen molar-refractivity contribution in [2.24, 2.45) is 0 Å². The lowest BCUT2D eigenvalue weighted by Crippen LogP contribution is -2.44. The summed E-state index contributed by atoms with van der Waals surface area (Å²) in [5.74, 6) is 1.84. The number of aromatic nitrogens is 1. The Labute approximate surface area is 148 Å². The summed E-state index contributed by atoms with van der Waals surface area (Å²) in [6.45, 7) is 6.86. The third-order valence-electron chi connectivity index (χ3n) is 4.70. The number of aryl methyl sites for hydroxylation is 1. The van der Waals surface area contributed by atoms with Gasteiger partial charge < -0.3 is 14.2 Å². The lowest BCUT2D eigenvalue weighted by atomic mass is 10.1. The molecule has 5 heteroatoms. The van der Waals surface area contributed by atoms with Crippen LogP contribution in [-0.4, -0.2) is 48.9 Å². The van der Waals surface area contributed by atoms with E-state index in [4.69, 9.17) is 14.2 Å². The first-order valence-corrected chi connectivity index (χ1v) is 8.90. The molecule has 0 radical (unpaired) electrons. The van der Waals surface area contributed by atoms with Gasteiger partial charge in [0.15, 0.2) is 0 Å². The number of hydrogen-bond donors (Lipinski definition) is 0. The summed E-state index contributed by atoms with van der Waals surface area (Å²) < 4.78 is 17.3. The lowest BCUT2D eigenvalue weighted by molar-refractivity contribution is -0.0504. The Kier molecular flexibility index (Phi) is 4.85. The molecule has 1 atom stereocenters. The molecule has 1 aromatic carbocycles. The van der Waals surface area contributed by atoms with E-state index in [9.17, 15) is 0 Å². The molecule has 3 heterocycles. The molecular weight excluding hydrogens is 316 g/mol. The largest absolute Gasteiger partial charge is 0.493 e. The van der Waals surface area contributed by atoms with E-state index < -0.39 is 0 Å². The normalized spacial score (nSPS) is 20.1. The zero-order valence-corrected chi connectivity index (χ0v) is 14.6. The van der Waals surface area contributed by atoms with E-state index in [1.54, 1.807) is 6.20 Å². The molecule has 2 aliphatic heterocycles. The van der Waals surface area contributed by atoms with Crippen molar-refractivity contribution >= 4 is 0 Å². The molecule has 2 aromatic rings. The molecule has 0 aliphatic carbocycles. The van der Waals surface area contributed by atoms with Crippen LogP contribution in [0, 0.1) is 6.92 Å². The Hall–Kier alpha value is -2.11. The van der Waals surface area contributed by atoms with Crippen LogP contribution in [0.5, 0.6) is 11.5 Å². The highest BCUT2D eigenvalue weighted by atomic mass is 16.5. The molecule has 2 aliphatic rings. The maximum atomic E-state index is 5.86. The van der Waals surface area contributed by atoms with Gasteiger partial charge in [0.25, 0.3) is 0 Å². The van der Waals surface area contributed by atoms with Crippen molar-refractivity contribution < 1.29 is 14.2 Å². The van der Waals surface area contributed by atoms with Crippen LogP contribution >= 0.6 is 0 Å². The molecule has 1 fully saturated rings. The minimum atomic E-state index is 0.0906. The quantitative estimate of drug-likeness (QED) is 0.837. The fourth-order valence-electron chi connectivity index (χ4n) is 3.35. The van der Waals surface area contributed by atoms with E-state index in [1.165, 1.54) is 11.1 Å². The molecule has 0 spiro atoms. The Morgan fingerprint density at radius 2 is 2.20 bits per heavy atom. The summed E-state index contributed by atoms with van der Waals surface area (Å²) in [6.07, 6.45) is 2.88. The highest BCUT2D eigenvalue weighted by Crippen LogP contribution is 2.26. The minimum Gasteiger partial charge on any atom is -0.493 e. The summed E-state index contributed by atoms with van der Waals surface area (Å²) in [5.41, 5.74) is 3.67. The lowest BCUT2D eigenvalue weighted by Gasteiger charge is -2.32. The number of ether oxygens (including phenoxy) is 3. The number of fused-ring (bicyclic) bond motifs is 1. The molecule has 1 aromatic heterocycles. The summed E-state index contributed by atoms with van der Waals surface area (Å²) in [4.78, 5) is 6.69. The molecule has 4 rings (SSSR count). The van der Waals surface area contributed by atoms with Gasteiger partial charge >= 0.3 is 0 Å². The minimum absolute atomic E-state index is 0.0906. The van der Waals surface area contributed by atoms with Gasteiger partial charge in [-0.2, -0.15) is 0 Å². The van der Waals surface area contributed by atoms with Gasteiger partial charge in [-0.15, -0.1) is 0 Å². The van der Waals surface area contributed by atoms with Crippen molar-refractivity contribution in [1.82, 2.24) is 9.88 Å². The van der Waals surface area contributed by atoms with Gasteiger partial charge in [-0.1, -0.05) is 12.1 Å². The van der Waals surface area contributed by atoms with Crippen molar-refractivity contribution in [3.05, 3.63) is 53.3 Å². The fourth-order valence-corrected chi connectivity index (χ4v) is 3.35. The first-order chi connectivity index (χ1) is 12.3. The summed E-state index contributed by atoms with van der Waals surface area (Å²) >= 11 is 0. The first kappa shape index (κ1) is 16.4. The van der Waals surface area contributed by atoms with Crippen LogP contribution in [0.2, 0.25) is 0 Å². The highest BCUT2D eigenvalue weighted by Gasteiger charge is 2.22. The Bertz CT molecular complexity index is 717. The monoisotopic (exact) mass is 340 g/mol. The molecule has 132 valence electrons. The maximum Gasteiger partial charge on any atom is 0.137 e. The fraction of sp³-hybridized carbons (Fsp3) is 0.450. The number of benzene rings is 1. The number of nitrogens with zero attached hydrogens (tertiary/aromatic N) is 2. The average molecular weight is 340 g/mol. The van der Waals surface area contributed by atoms with E-state index in [0.29, 0.717) is 6.61 Å². The van der Waals surface area contributed by atoms with E-state index >= 15 is 0 Å². The third kappa shape index (κ3) is 4.11. The maximum absolute atomic E-state index is 5.86. The number of morpholine rings is 1. The Morgan fingerprint density at radius 3 is 3.08 bits per heavy atom. The van der Waals surface area contributed by atoms with Crippen molar-refractivity contribution in [1.29, 1.82) is 0 Å².